The Morgan fingerprint density at radius 1 is 0.944 bits per heavy atom. The number of phenols is 1. The molecule has 0 unspecified atom stereocenters. The summed E-state index contributed by atoms with van der Waals surface area (Å²) >= 11 is 0. The summed E-state index contributed by atoms with van der Waals surface area (Å²) in [6, 6.07) is 11.4. The molecule has 2 heterocycles. The predicted molar refractivity (Wildman–Crippen MR) is 330 cm³/mol. The normalized spacial score (nSPS) is 30.2. The summed E-state index contributed by atoms with van der Waals surface area (Å²) in [6.45, 7) is 2.87. The molecule has 0 aromatic heterocycles. The smallest absolute Gasteiger partial charge is 0.308 e. The lowest BCUT2D eigenvalue weighted by atomic mass is 9.44. The molecule has 480 valence electrons. The fraction of sp³-hybridized carbons (Fsp3) is 0.515. The molecule has 0 radical (unpaired) electrons. The topological polar surface area (TPSA) is 371 Å². The van der Waals surface area contributed by atoms with Crippen LogP contribution in [0.5, 0.6) is 17.2 Å². The summed E-state index contributed by atoms with van der Waals surface area (Å²) in [6.07, 6.45) is -0.292. The van der Waals surface area contributed by atoms with E-state index in [0.717, 1.165) is 43.7 Å². The summed E-state index contributed by atoms with van der Waals surface area (Å²) in [7, 11) is 3.78. The van der Waals surface area contributed by atoms with Crippen molar-refractivity contribution in [3.63, 3.8) is 0 Å². The molecule has 4 aromatic carbocycles. The monoisotopic (exact) mass is 1240 g/mol. The minimum atomic E-state index is -3.13. The maximum atomic E-state index is 16.3. The second-order valence-corrected chi connectivity index (χ2v) is 25.7. The Balaban J connectivity index is 1.18. The van der Waals surface area contributed by atoms with Crippen LogP contribution < -0.4 is 37.3 Å². The van der Waals surface area contributed by atoms with Crippen LogP contribution in [0.2, 0.25) is 0 Å². The minimum Gasteiger partial charge on any atom is -0.507 e. The maximum Gasteiger partial charge on any atom is 0.308 e. The Bertz CT molecular complexity index is 3610. The first-order chi connectivity index (χ1) is 43.1. The number of likely N-dealkylation sites (N-methyl/N-ethyl adjacent to an activating group) is 1. The van der Waals surface area contributed by atoms with Gasteiger partial charge in [0.25, 0.3) is 0 Å². The molecule has 0 amide bonds. The van der Waals surface area contributed by atoms with Gasteiger partial charge in [-0.05, 0) is 160 Å². The van der Waals surface area contributed by atoms with E-state index in [1.165, 1.54) is 19.1 Å². The van der Waals surface area contributed by atoms with Gasteiger partial charge in [0.2, 0.25) is 12.1 Å². The summed E-state index contributed by atoms with van der Waals surface area (Å²) in [4.78, 5) is 63.5. The number of aliphatic hydroxyl groups is 6. The van der Waals surface area contributed by atoms with Crippen LogP contribution >= 0.6 is 0 Å². The number of hydrogen-bond donors (Lipinski definition) is 12. The number of rotatable bonds is 15. The number of aliphatic imine (C=N–C) groups is 1. The van der Waals surface area contributed by atoms with Gasteiger partial charge < -0.3 is 87.3 Å². The Kier molecular flexibility index (Phi) is 18.6. The van der Waals surface area contributed by atoms with Crippen molar-refractivity contribution in [2.75, 3.05) is 46.9 Å². The van der Waals surface area contributed by atoms with Gasteiger partial charge in [0, 0.05) is 71.9 Å². The number of carbonyl (C=O) groups excluding carboxylic acids is 4. The number of nitrogens with two attached hydrogens (primary N) is 3. The third-order valence-electron chi connectivity index (χ3n) is 19.9. The second-order valence-electron chi connectivity index (χ2n) is 25.7. The number of ketones is 2. The maximum absolute atomic E-state index is 16.3. The molecule has 22 nitrogen and oxygen atoms in total. The van der Waals surface area contributed by atoms with Crippen molar-refractivity contribution >= 4 is 41.9 Å². The molecule has 2 saturated heterocycles. The van der Waals surface area contributed by atoms with Crippen LogP contribution in [-0.2, 0) is 50.5 Å². The van der Waals surface area contributed by atoms with Crippen LogP contribution in [0.15, 0.2) is 47.5 Å². The third kappa shape index (κ3) is 11.9. The van der Waals surface area contributed by atoms with E-state index in [4.69, 9.17) is 40.9 Å². The lowest BCUT2D eigenvalue weighted by Gasteiger charge is -2.63. The molecule has 4 fully saturated rings. The fourth-order valence-electron chi connectivity index (χ4n) is 16.2. The van der Waals surface area contributed by atoms with Gasteiger partial charge in [0.15, 0.2) is 29.9 Å². The number of carbonyl (C=O) groups is 4. The minimum absolute atomic E-state index is 0.0268. The molecule has 2 aliphatic heterocycles. The number of phenolic OH excluding ortho intramolecular Hbond substituents is 1. The van der Waals surface area contributed by atoms with Gasteiger partial charge in [0.1, 0.15) is 23.4 Å². The fourth-order valence-corrected chi connectivity index (χ4v) is 16.2. The Hall–Kier alpha value is -6.95. The largest absolute Gasteiger partial charge is 0.507 e. The molecule has 7 aliphatic rings. The van der Waals surface area contributed by atoms with E-state index in [9.17, 15) is 45.3 Å². The zero-order valence-electron chi connectivity index (χ0n) is 51.1. The highest BCUT2D eigenvalue weighted by Gasteiger charge is 2.63. The number of benzene rings is 4. The molecule has 13 atom stereocenters. The van der Waals surface area contributed by atoms with Gasteiger partial charge in [-0.25, -0.2) is 0 Å². The van der Waals surface area contributed by atoms with Crippen molar-refractivity contribution in [2.45, 2.75) is 151 Å². The number of aliphatic hydroxyl groups excluding tert-OH is 3. The number of aldehydes is 1. The van der Waals surface area contributed by atoms with Gasteiger partial charge in [-0.2, -0.15) is 0 Å². The zero-order valence-corrected chi connectivity index (χ0v) is 51.1. The van der Waals surface area contributed by atoms with Crippen molar-refractivity contribution in [1.29, 1.82) is 0 Å². The van der Waals surface area contributed by atoms with E-state index >= 15 is 9.59 Å². The van der Waals surface area contributed by atoms with Gasteiger partial charge in [-0.3, -0.25) is 24.2 Å². The van der Waals surface area contributed by atoms with Crippen LogP contribution in [0.4, 0.5) is 0 Å². The van der Waals surface area contributed by atoms with Crippen molar-refractivity contribution < 1.29 is 78.6 Å². The van der Waals surface area contributed by atoms with Gasteiger partial charge in [0.05, 0.1) is 55.3 Å². The first-order valence-corrected chi connectivity index (χ1v) is 31.1. The van der Waals surface area contributed by atoms with E-state index in [1.54, 1.807) is 24.3 Å². The summed E-state index contributed by atoms with van der Waals surface area (Å²) < 4.78 is 31.3. The number of esters is 1. The highest BCUT2D eigenvalue weighted by Crippen LogP contribution is 2.68. The van der Waals surface area contributed by atoms with Crippen LogP contribution in [0.1, 0.15) is 163 Å². The lowest BCUT2D eigenvalue weighted by Crippen LogP contribution is -2.67. The molecule has 2 saturated carbocycles. The average Bonchev–Trinajstić information content (AvgIpc) is 0.699. The Morgan fingerprint density at radius 2 is 1.72 bits per heavy atom. The molecular weight excluding hydrogens is 1160 g/mol. The molecule has 4 aromatic rings. The van der Waals surface area contributed by atoms with Crippen molar-refractivity contribution in [3.8, 4) is 29.1 Å². The molecular formula is C68H82N6O16. The highest BCUT2D eigenvalue weighted by atomic mass is 16.7. The average molecular weight is 1240 g/mol. The molecule has 11 rings (SSSR count). The van der Waals surface area contributed by atoms with E-state index in [2.05, 4.69) is 27.5 Å². The summed E-state index contributed by atoms with van der Waals surface area (Å²) in [5.74, 6) is -1.51. The first kappa shape index (κ1) is 64.6. The number of aromatic hydroxyl groups is 1. The Labute approximate surface area is 522 Å². The second kappa shape index (κ2) is 26.0. The van der Waals surface area contributed by atoms with Crippen molar-refractivity contribution in [2.24, 2.45) is 45.4 Å². The van der Waals surface area contributed by atoms with Crippen LogP contribution in [-0.4, -0.2) is 161 Å². The van der Waals surface area contributed by atoms with E-state index < -0.39 is 109 Å². The number of nitrogens with one attached hydrogen (secondary N) is 2. The number of ether oxygens (including phenoxy) is 5. The molecule has 90 heavy (non-hydrogen) atoms. The summed E-state index contributed by atoms with van der Waals surface area (Å²) in [5, 5.41) is 91.2. The summed E-state index contributed by atoms with van der Waals surface area (Å²) in [5.41, 5.74) is 17.2. The van der Waals surface area contributed by atoms with Crippen molar-refractivity contribution in [3.05, 3.63) is 120 Å². The number of hydrogen-bond acceptors (Lipinski definition) is 20. The number of guanidine groups is 1. The lowest BCUT2D eigenvalue weighted by molar-refractivity contribution is -0.378. The van der Waals surface area contributed by atoms with Gasteiger partial charge in [-0.15, -0.1) is 0 Å². The van der Waals surface area contributed by atoms with E-state index in [1.807, 2.05) is 32.3 Å². The molecule has 15 N–H and O–H groups in total. The molecule has 5 aliphatic carbocycles. The molecule has 1 spiro atoms. The van der Waals surface area contributed by atoms with Crippen LogP contribution in [0.3, 0.4) is 0 Å². The van der Waals surface area contributed by atoms with E-state index in [-0.39, 0.29) is 123 Å². The predicted octanol–water partition coefficient (Wildman–Crippen LogP) is 2.88. The van der Waals surface area contributed by atoms with E-state index in [0.29, 0.717) is 50.0 Å². The number of fused-ring (bicyclic) bond motifs is 7. The van der Waals surface area contributed by atoms with Gasteiger partial charge in [-0.1, -0.05) is 54.3 Å². The van der Waals surface area contributed by atoms with Crippen molar-refractivity contribution in [1.82, 2.24) is 10.6 Å². The van der Waals surface area contributed by atoms with Crippen LogP contribution in [0.25, 0.3) is 12.2 Å². The molecule has 6 bridgehead atoms. The quantitative estimate of drug-likeness (QED) is 0.0105. The Morgan fingerprint density at radius 3 is 2.46 bits per heavy atom. The molecule has 22 heteroatoms. The van der Waals surface area contributed by atoms with Gasteiger partial charge >= 0.3 is 5.97 Å². The van der Waals surface area contributed by atoms with Crippen LogP contribution in [0, 0.1) is 35.0 Å². The highest BCUT2D eigenvalue weighted by molar-refractivity contribution is 6.32. The first-order valence-electron chi connectivity index (χ1n) is 31.1. The zero-order chi connectivity index (χ0) is 64.1. The standard InChI is InChI=1S/C68H82N6O16/c1-34-62(82)68(84,85)63(87-20-18-74-65(70)71)64(88-34)90-61-47-10-6-9-42(69)13-14-43(78)23-37-8-5-7-36(21-37)11-15-46-52(89-35(2)77)25-41(32-75)53-54(46)60(81)55(47)56(59(53)80)58(79)48(61)24-39-12-16-45-51-26-50-40(28-66(51)17-19-86-44(29-66)31-73-4)22-38(30-72-3)27-67(50,83)57(45)49(39)33-76/h5,7-8,11-12,15-16,21,25,33-34,38,40,42-44,50-51,62-64,72-73,75,78-79,82-85H,10,13-14,17-20,22-24,26-32,69H2,1-4H3,(H4,70,71,74)/b15-11+/t34-,38-,40+,42-,43+,44+,50-,51-,62+,63-,64+,66+,67-/m0/s1. The number of nitrogens with zero attached hydrogens (tertiary/aromatic N) is 1. The third-order valence-corrected chi connectivity index (χ3v) is 19.9. The SMILES string of the molecule is CNC[C@H]1C[C@@H]2C[C@@]3(CCO[C@@H](CNC)C3)[C@H]3C[C@@H]2[C@@](O)(C1)c1c3ccc(Cc2c(O)c3c4c(c2O[C@H]2O[C@@H](C)[C@@H](O)C(O)(O)[C@H]2OCCN=C(N)N)CC#C[C@H](N)CC[C@@H](O)Cc2cccc(c2)/C=C/c2c(OC(C)=O)cc(CO)c(c2C4=O)C3=O)c1C=O.